The third kappa shape index (κ3) is 2.47. The average Bonchev–Trinajstić information content (AvgIpc) is 2.92. The lowest BCUT2D eigenvalue weighted by atomic mass is 10.2. The molecule has 0 aliphatic rings. The van der Waals surface area contributed by atoms with E-state index in [1.807, 2.05) is 0 Å². The number of imidazole rings is 1. The van der Waals surface area contributed by atoms with E-state index in [0.29, 0.717) is 5.65 Å². The Kier molecular flexibility index (Phi) is 3.64. The van der Waals surface area contributed by atoms with Crippen molar-refractivity contribution in [2.75, 3.05) is 5.32 Å². The Hall–Kier alpha value is -2.31. The molecule has 22 heavy (non-hydrogen) atoms. The van der Waals surface area contributed by atoms with Crippen LogP contribution in [0.1, 0.15) is 10.4 Å². The lowest BCUT2D eigenvalue weighted by Gasteiger charge is -2.13. The van der Waals surface area contributed by atoms with Crippen LogP contribution < -0.4 is 5.32 Å². The van der Waals surface area contributed by atoms with E-state index >= 15 is 0 Å². The summed E-state index contributed by atoms with van der Waals surface area (Å²) in [6.45, 7) is 0. The van der Waals surface area contributed by atoms with Gasteiger partial charge in [-0.15, -0.1) is 0 Å². The van der Waals surface area contributed by atoms with Crippen LogP contribution in [-0.2, 0) is 0 Å². The number of carbonyl (C=O) groups is 1. The van der Waals surface area contributed by atoms with Crippen molar-refractivity contribution in [1.29, 1.82) is 0 Å². The van der Waals surface area contributed by atoms with Gasteiger partial charge in [-0.3, -0.25) is 0 Å². The molecule has 0 radical (unpaired) electrons. The fraction of sp³-hybridized carbons (Fsp3) is 0. The molecule has 3 rings (SSSR count). The summed E-state index contributed by atoms with van der Waals surface area (Å²) in [6, 6.07) is 4.00. The number of carboxylic acid groups (broad SMARTS) is 1. The standard InChI is InChI=1S/C14H8Cl2FN3O2/c15-7-1-2-10(9(17)5-7)19-12-8(14(21)22)6-20-4-3-18-13(20)11(12)16/h1-6,19H,(H,21,22). The number of nitrogens with zero attached hydrogens (tertiary/aromatic N) is 2. The highest BCUT2D eigenvalue weighted by Crippen LogP contribution is 2.33. The summed E-state index contributed by atoms with van der Waals surface area (Å²) in [7, 11) is 0. The molecule has 0 saturated heterocycles. The van der Waals surface area contributed by atoms with Crippen LogP contribution in [0.15, 0.2) is 36.8 Å². The molecule has 2 N–H and O–H groups in total. The number of hydrogen-bond donors (Lipinski definition) is 2. The third-order valence-electron chi connectivity index (χ3n) is 3.04. The number of anilines is 2. The quantitative estimate of drug-likeness (QED) is 0.749. The molecule has 2 heterocycles. The molecule has 0 atom stereocenters. The van der Waals surface area contributed by atoms with Crippen molar-refractivity contribution >= 4 is 46.2 Å². The summed E-state index contributed by atoms with van der Waals surface area (Å²) in [5, 5.41) is 12.3. The van der Waals surface area contributed by atoms with Crippen LogP contribution in [0.3, 0.4) is 0 Å². The van der Waals surface area contributed by atoms with Gasteiger partial charge in [0.2, 0.25) is 0 Å². The molecule has 5 nitrogen and oxygen atoms in total. The van der Waals surface area contributed by atoms with Crippen molar-refractivity contribution in [3.05, 3.63) is 58.2 Å². The largest absolute Gasteiger partial charge is 0.478 e. The van der Waals surface area contributed by atoms with Crippen molar-refractivity contribution in [3.63, 3.8) is 0 Å². The van der Waals surface area contributed by atoms with E-state index in [2.05, 4.69) is 10.3 Å². The molecule has 0 spiro atoms. The Labute approximate surface area is 133 Å². The molecule has 8 heteroatoms. The fourth-order valence-corrected chi connectivity index (χ4v) is 2.48. The van der Waals surface area contributed by atoms with E-state index in [4.69, 9.17) is 23.2 Å². The van der Waals surface area contributed by atoms with Gasteiger partial charge in [-0.1, -0.05) is 23.2 Å². The number of nitrogens with one attached hydrogen (secondary N) is 1. The maximum atomic E-state index is 13.9. The van der Waals surface area contributed by atoms with Crippen LogP contribution in [0.5, 0.6) is 0 Å². The van der Waals surface area contributed by atoms with E-state index in [1.54, 1.807) is 6.20 Å². The minimum absolute atomic E-state index is 0.0599. The first kappa shape index (κ1) is 14.6. The summed E-state index contributed by atoms with van der Waals surface area (Å²) >= 11 is 11.9. The predicted molar refractivity (Wildman–Crippen MR) is 81.9 cm³/mol. The van der Waals surface area contributed by atoms with Gasteiger partial charge in [0.25, 0.3) is 0 Å². The van der Waals surface area contributed by atoms with E-state index in [0.717, 1.165) is 6.07 Å². The zero-order valence-electron chi connectivity index (χ0n) is 10.8. The van der Waals surface area contributed by atoms with E-state index in [9.17, 15) is 14.3 Å². The summed E-state index contributed by atoms with van der Waals surface area (Å²) in [5.41, 5.74) is 0.382. The number of carboxylic acids is 1. The number of halogens is 3. The van der Waals surface area contributed by atoms with Gasteiger partial charge >= 0.3 is 5.97 Å². The van der Waals surface area contributed by atoms with Crippen LogP contribution in [0.2, 0.25) is 10.0 Å². The van der Waals surface area contributed by atoms with Gasteiger partial charge in [0.15, 0.2) is 5.65 Å². The van der Waals surface area contributed by atoms with Crippen LogP contribution in [-0.4, -0.2) is 20.5 Å². The number of benzene rings is 1. The lowest BCUT2D eigenvalue weighted by molar-refractivity contribution is 0.0697. The second kappa shape index (κ2) is 5.47. The second-order valence-electron chi connectivity index (χ2n) is 4.44. The van der Waals surface area contributed by atoms with E-state index in [-0.39, 0.29) is 27.0 Å². The first-order valence-electron chi connectivity index (χ1n) is 6.08. The monoisotopic (exact) mass is 339 g/mol. The van der Waals surface area contributed by atoms with Gasteiger partial charge in [0.1, 0.15) is 16.4 Å². The molecule has 0 fully saturated rings. The Balaban J connectivity index is 2.18. The number of pyridine rings is 1. The molecule has 112 valence electrons. The molecule has 2 aromatic heterocycles. The van der Waals surface area contributed by atoms with Crippen molar-refractivity contribution < 1.29 is 14.3 Å². The average molecular weight is 340 g/mol. The van der Waals surface area contributed by atoms with Crippen LogP contribution in [0.25, 0.3) is 5.65 Å². The van der Waals surface area contributed by atoms with Gasteiger partial charge in [0.05, 0.1) is 11.4 Å². The van der Waals surface area contributed by atoms with E-state index in [1.165, 1.54) is 28.9 Å². The molecule has 0 aliphatic carbocycles. The molecule has 0 saturated carbocycles. The van der Waals surface area contributed by atoms with Gasteiger partial charge in [0, 0.05) is 23.6 Å². The maximum absolute atomic E-state index is 13.9. The first-order chi connectivity index (χ1) is 10.5. The van der Waals surface area contributed by atoms with Crippen LogP contribution >= 0.6 is 23.2 Å². The van der Waals surface area contributed by atoms with Crippen molar-refractivity contribution in [1.82, 2.24) is 9.38 Å². The topological polar surface area (TPSA) is 66.6 Å². The predicted octanol–water partition coefficient (Wildman–Crippen LogP) is 4.22. The summed E-state index contributed by atoms with van der Waals surface area (Å²) < 4.78 is 15.4. The number of aromatic carboxylic acids is 1. The Morgan fingerprint density at radius 1 is 1.36 bits per heavy atom. The Bertz CT molecular complexity index is 895. The molecule has 0 unspecified atom stereocenters. The highest BCUT2D eigenvalue weighted by molar-refractivity contribution is 6.37. The van der Waals surface area contributed by atoms with Gasteiger partial charge < -0.3 is 14.8 Å². The van der Waals surface area contributed by atoms with Crippen LogP contribution in [0.4, 0.5) is 15.8 Å². The first-order valence-corrected chi connectivity index (χ1v) is 6.83. The SMILES string of the molecule is O=C(O)c1cn2ccnc2c(Cl)c1Nc1ccc(Cl)cc1F. The third-order valence-corrected chi connectivity index (χ3v) is 3.64. The van der Waals surface area contributed by atoms with Gasteiger partial charge in [-0.25, -0.2) is 14.2 Å². The molecular weight excluding hydrogens is 332 g/mol. The zero-order chi connectivity index (χ0) is 15.9. The molecule has 0 aliphatic heterocycles. The molecule has 1 aromatic carbocycles. The maximum Gasteiger partial charge on any atom is 0.339 e. The zero-order valence-corrected chi connectivity index (χ0v) is 12.4. The normalized spacial score (nSPS) is 10.9. The van der Waals surface area contributed by atoms with Crippen LogP contribution in [0, 0.1) is 5.82 Å². The summed E-state index contributed by atoms with van der Waals surface area (Å²) in [6.07, 6.45) is 4.41. The van der Waals surface area contributed by atoms with E-state index < -0.39 is 11.8 Å². The second-order valence-corrected chi connectivity index (χ2v) is 5.26. The van der Waals surface area contributed by atoms with Gasteiger partial charge in [-0.05, 0) is 18.2 Å². The minimum Gasteiger partial charge on any atom is -0.478 e. The van der Waals surface area contributed by atoms with Crippen molar-refractivity contribution in [2.24, 2.45) is 0 Å². The molecular formula is C14H8Cl2FN3O2. The summed E-state index contributed by atoms with van der Waals surface area (Å²) in [4.78, 5) is 15.5. The number of fused-ring (bicyclic) bond motifs is 1. The highest BCUT2D eigenvalue weighted by atomic mass is 35.5. The smallest absolute Gasteiger partial charge is 0.339 e. The molecule has 3 aromatic rings. The van der Waals surface area contributed by atoms with Crippen molar-refractivity contribution in [2.45, 2.75) is 0 Å². The number of aromatic nitrogens is 2. The minimum atomic E-state index is -1.20. The van der Waals surface area contributed by atoms with Gasteiger partial charge in [-0.2, -0.15) is 0 Å². The molecule has 0 bridgehead atoms. The van der Waals surface area contributed by atoms with Crippen molar-refractivity contribution in [3.8, 4) is 0 Å². The fourth-order valence-electron chi connectivity index (χ4n) is 2.03. The molecule has 0 amide bonds. The summed E-state index contributed by atoms with van der Waals surface area (Å²) in [5.74, 6) is -1.82. The highest BCUT2D eigenvalue weighted by Gasteiger charge is 2.19. The number of hydrogen-bond acceptors (Lipinski definition) is 3. The number of rotatable bonds is 3. The Morgan fingerprint density at radius 2 is 2.14 bits per heavy atom. The Morgan fingerprint density at radius 3 is 2.82 bits per heavy atom. The lowest BCUT2D eigenvalue weighted by Crippen LogP contribution is -2.07.